The molecule has 0 aliphatic carbocycles. The smallest absolute Gasteiger partial charge is 0.419 e. The van der Waals surface area contributed by atoms with Crippen molar-refractivity contribution in [1.29, 1.82) is 0 Å². The molecule has 0 fully saturated rings. The number of carbonyl (C=O) groups excluding carboxylic acids is 2. The number of fused-ring (bicyclic) bond motifs is 1. The highest BCUT2D eigenvalue weighted by Crippen LogP contribution is 2.32. The maximum Gasteiger partial charge on any atom is 0.419 e. The van der Waals surface area contributed by atoms with E-state index in [-0.39, 0.29) is 11.3 Å². The number of anilines is 1. The number of carboxylic acid groups (broad SMARTS) is 1. The van der Waals surface area contributed by atoms with Crippen LogP contribution in [0.5, 0.6) is 0 Å². The molecule has 2 aromatic rings. The first-order valence-corrected chi connectivity index (χ1v) is 5.91. The molecule has 0 saturated carbocycles. The second-order valence-electron chi connectivity index (χ2n) is 4.35. The molecule has 5 nitrogen and oxygen atoms in total. The molecule has 1 aliphatic rings. The number of ketones is 1. The maximum atomic E-state index is 11.8. The minimum absolute atomic E-state index is 0.118. The second kappa shape index (κ2) is 4.31. The van der Waals surface area contributed by atoms with Crippen molar-refractivity contribution in [3.8, 4) is 11.1 Å². The molecule has 98 valence electrons. The Morgan fingerprint density at radius 1 is 0.950 bits per heavy atom. The maximum absolute atomic E-state index is 11.8. The fourth-order valence-electron chi connectivity index (χ4n) is 2.24. The molecule has 0 unspecified atom stereocenters. The van der Waals surface area contributed by atoms with E-state index in [4.69, 9.17) is 5.11 Å². The molecule has 0 spiro atoms. The van der Waals surface area contributed by atoms with Gasteiger partial charge >= 0.3 is 12.0 Å². The normalized spacial score (nSPS) is 13.5. The zero-order valence-corrected chi connectivity index (χ0v) is 10.2. The fraction of sp³-hybridized carbons (Fsp3) is 0. The lowest BCUT2D eigenvalue weighted by atomic mass is 10.0. The van der Waals surface area contributed by atoms with E-state index in [0.29, 0.717) is 4.90 Å². The van der Waals surface area contributed by atoms with Gasteiger partial charge in [0.2, 0.25) is 0 Å². The van der Waals surface area contributed by atoms with E-state index in [0.717, 1.165) is 11.1 Å². The largest absolute Gasteiger partial charge is 0.464 e. The third kappa shape index (κ3) is 1.68. The average Bonchev–Trinajstić information content (AvgIpc) is 2.71. The Hall–Kier alpha value is -2.95. The predicted molar refractivity (Wildman–Crippen MR) is 71.7 cm³/mol. The molecule has 1 N–H and O–H groups in total. The summed E-state index contributed by atoms with van der Waals surface area (Å²) < 4.78 is 0. The molecule has 1 heterocycles. The first-order chi connectivity index (χ1) is 9.59. The number of nitrogens with zero attached hydrogens (tertiary/aromatic N) is 1. The van der Waals surface area contributed by atoms with Crippen LogP contribution in [0.4, 0.5) is 10.5 Å². The van der Waals surface area contributed by atoms with Crippen LogP contribution in [-0.2, 0) is 4.79 Å². The highest BCUT2D eigenvalue weighted by molar-refractivity contribution is 6.55. The number of hydrogen-bond donors (Lipinski definition) is 1. The SMILES string of the molecule is O=C1C(=O)N(C(=O)O)c2ccc(-c3ccccc3)cc21. The summed E-state index contributed by atoms with van der Waals surface area (Å²) in [5.74, 6) is -1.82. The monoisotopic (exact) mass is 267 g/mol. The molecule has 0 atom stereocenters. The van der Waals surface area contributed by atoms with Gasteiger partial charge in [0.25, 0.3) is 5.78 Å². The van der Waals surface area contributed by atoms with Crippen LogP contribution in [0.3, 0.4) is 0 Å². The molecule has 0 saturated heterocycles. The number of carbonyl (C=O) groups is 3. The minimum atomic E-state index is -1.45. The van der Waals surface area contributed by atoms with Crippen LogP contribution in [0, 0.1) is 0 Å². The predicted octanol–water partition coefficient (Wildman–Crippen LogP) is 2.56. The minimum Gasteiger partial charge on any atom is -0.464 e. The van der Waals surface area contributed by atoms with E-state index in [1.165, 1.54) is 6.07 Å². The highest BCUT2D eigenvalue weighted by atomic mass is 16.4. The zero-order chi connectivity index (χ0) is 14.3. The van der Waals surface area contributed by atoms with Crippen molar-refractivity contribution in [2.24, 2.45) is 0 Å². The van der Waals surface area contributed by atoms with Crippen molar-refractivity contribution in [3.05, 3.63) is 54.1 Å². The van der Waals surface area contributed by atoms with Gasteiger partial charge in [-0.2, -0.15) is 0 Å². The lowest BCUT2D eigenvalue weighted by Crippen LogP contribution is -2.34. The third-order valence-electron chi connectivity index (χ3n) is 3.18. The molecule has 0 bridgehead atoms. The summed E-state index contributed by atoms with van der Waals surface area (Å²) in [6.45, 7) is 0. The van der Waals surface area contributed by atoms with Gasteiger partial charge in [-0.3, -0.25) is 9.59 Å². The molecule has 20 heavy (non-hydrogen) atoms. The van der Waals surface area contributed by atoms with Gasteiger partial charge in [-0.1, -0.05) is 36.4 Å². The molecule has 2 aromatic carbocycles. The van der Waals surface area contributed by atoms with Crippen molar-refractivity contribution in [2.75, 3.05) is 4.90 Å². The van der Waals surface area contributed by atoms with Crippen molar-refractivity contribution in [1.82, 2.24) is 0 Å². The summed E-state index contributed by atoms with van der Waals surface area (Å²) in [6.07, 6.45) is -1.45. The Bertz CT molecular complexity index is 737. The van der Waals surface area contributed by atoms with Crippen LogP contribution in [0.15, 0.2) is 48.5 Å². The van der Waals surface area contributed by atoms with Crippen LogP contribution in [0.25, 0.3) is 11.1 Å². The molecule has 3 rings (SSSR count). The standard InChI is InChI=1S/C15H9NO4/c17-13-11-8-10(9-4-2-1-3-5-9)6-7-12(11)16(14(13)18)15(19)20/h1-8H,(H,19,20). The first kappa shape index (κ1) is 12.1. The average molecular weight is 267 g/mol. The number of hydrogen-bond acceptors (Lipinski definition) is 3. The van der Waals surface area contributed by atoms with Crippen molar-refractivity contribution in [3.63, 3.8) is 0 Å². The van der Waals surface area contributed by atoms with Crippen molar-refractivity contribution in [2.45, 2.75) is 0 Å². The lowest BCUT2D eigenvalue weighted by molar-refractivity contribution is -0.113. The zero-order valence-electron chi connectivity index (χ0n) is 10.2. The molecule has 5 heteroatoms. The topological polar surface area (TPSA) is 74.7 Å². The van der Waals surface area contributed by atoms with Crippen molar-refractivity contribution >= 4 is 23.5 Å². The van der Waals surface area contributed by atoms with Gasteiger partial charge < -0.3 is 5.11 Å². The van der Waals surface area contributed by atoms with Crippen LogP contribution < -0.4 is 4.90 Å². The molecule has 0 aromatic heterocycles. The summed E-state index contributed by atoms with van der Waals surface area (Å²) in [7, 11) is 0. The number of imide groups is 1. The highest BCUT2D eigenvalue weighted by Gasteiger charge is 2.39. The molecule has 2 amide bonds. The summed E-state index contributed by atoms with van der Waals surface area (Å²) in [6, 6.07) is 14.1. The van der Waals surface area contributed by atoms with E-state index in [9.17, 15) is 14.4 Å². The molecule has 0 radical (unpaired) electrons. The van der Waals surface area contributed by atoms with Crippen LogP contribution in [-0.4, -0.2) is 22.9 Å². The van der Waals surface area contributed by atoms with E-state index < -0.39 is 17.8 Å². The quantitative estimate of drug-likeness (QED) is 0.806. The summed E-state index contributed by atoms with van der Waals surface area (Å²) in [5.41, 5.74) is 1.90. The van der Waals surface area contributed by atoms with Gasteiger partial charge in [-0.25, -0.2) is 9.69 Å². The lowest BCUT2D eigenvalue weighted by Gasteiger charge is -2.10. The Morgan fingerprint density at radius 2 is 1.65 bits per heavy atom. The van der Waals surface area contributed by atoms with Gasteiger partial charge in [-0.15, -0.1) is 0 Å². The summed E-state index contributed by atoms with van der Waals surface area (Å²) in [5, 5.41) is 8.99. The molecular weight excluding hydrogens is 258 g/mol. The van der Waals surface area contributed by atoms with E-state index in [1.54, 1.807) is 12.1 Å². The van der Waals surface area contributed by atoms with Crippen LogP contribution in [0.1, 0.15) is 10.4 Å². The van der Waals surface area contributed by atoms with Gasteiger partial charge in [0.1, 0.15) is 0 Å². The Kier molecular flexibility index (Phi) is 2.61. The Morgan fingerprint density at radius 3 is 2.30 bits per heavy atom. The van der Waals surface area contributed by atoms with Gasteiger partial charge in [0, 0.05) is 0 Å². The van der Waals surface area contributed by atoms with Gasteiger partial charge in [-0.05, 0) is 23.3 Å². The molecular formula is C15H9NO4. The molecule has 1 aliphatic heterocycles. The fourth-order valence-corrected chi connectivity index (χ4v) is 2.24. The van der Waals surface area contributed by atoms with Gasteiger partial charge in [0.05, 0.1) is 11.3 Å². The number of Topliss-reactive ketones (excluding diaryl/α,β-unsaturated/α-hetero) is 1. The first-order valence-electron chi connectivity index (χ1n) is 5.91. The van der Waals surface area contributed by atoms with Crippen molar-refractivity contribution < 1.29 is 19.5 Å². The van der Waals surface area contributed by atoms with Gasteiger partial charge in [0.15, 0.2) is 0 Å². The number of amides is 2. The number of rotatable bonds is 1. The van der Waals surface area contributed by atoms with Crippen LogP contribution >= 0.6 is 0 Å². The Labute approximate surface area is 114 Å². The van der Waals surface area contributed by atoms with E-state index >= 15 is 0 Å². The van der Waals surface area contributed by atoms with E-state index in [1.807, 2.05) is 30.3 Å². The number of benzene rings is 2. The summed E-state index contributed by atoms with van der Waals surface area (Å²) >= 11 is 0. The van der Waals surface area contributed by atoms with Crippen LogP contribution in [0.2, 0.25) is 0 Å². The van der Waals surface area contributed by atoms with E-state index in [2.05, 4.69) is 0 Å². The third-order valence-corrected chi connectivity index (χ3v) is 3.18. The summed E-state index contributed by atoms with van der Waals surface area (Å²) in [4.78, 5) is 35.0. The Balaban J connectivity index is 2.14. The second-order valence-corrected chi connectivity index (χ2v) is 4.35.